The minimum Gasteiger partial charge on any atom is -0.496 e. The summed E-state index contributed by atoms with van der Waals surface area (Å²) in [4.78, 5) is 16.3. The molecule has 0 unspecified atom stereocenters. The molecule has 3 rings (SSSR count). The molecule has 0 bridgehead atoms. The van der Waals surface area contributed by atoms with Crippen molar-refractivity contribution in [3.8, 4) is 11.4 Å². The van der Waals surface area contributed by atoms with Gasteiger partial charge in [-0.3, -0.25) is 19.1 Å². The average Bonchev–Trinajstić information content (AvgIpc) is 2.71. The Kier molecular flexibility index (Phi) is 6.78. The van der Waals surface area contributed by atoms with Crippen molar-refractivity contribution in [2.75, 3.05) is 18.1 Å². The number of hydrogen-bond donors (Lipinski definition) is 1. The van der Waals surface area contributed by atoms with Gasteiger partial charge in [-0.25, -0.2) is 8.42 Å². The molecule has 0 aliphatic carbocycles. The molecule has 3 aromatic rings. The van der Waals surface area contributed by atoms with Crippen LogP contribution in [0.25, 0.3) is 17.8 Å². The van der Waals surface area contributed by atoms with Crippen LogP contribution in [0.15, 0.2) is 53.7 Å². The van der Waals surface area contributed by atoms with Crippen LogP contribution in [0.1, 0.15) is 43.0 Å². The SMILES string of the molecule is COc1c(/C=C/c2ccc(NS(C)(=O)=O)cc2C)cc(-n2ccncc2=O)cc1C(C)(C)C. The number of sulfonamides is 1. The Morgan fingerprint density at radius 1 is 1.09 bits per heavy atom. The van der Waals surface area contributed by atoms with Crippen LogP contribution in [0.4, 0.5) is 5.69 Å². The second-order valence-electron chi connectivity index (χ2n) is 8.93. The summed E-state index contributed by atoms with van der Waals surface area (Å²) in [5.74, 6) is 0.734. The first kappa shape index (κ1) is 24.3. The summed E-state index contributed by atoms with van der Waals surface area (Å²) in [6.07, 6.45) is 9.51. The molecule has 0 aliphatic heterocycles. The molecule has 0 amide bonds. The zero-order valence-corrected chi connectivity index (χ0v) is 20.5. The summed E-state index contributed by atoms with van der Waals surface area (Å²) < 4.78 is 32.8. The van der Waals surface area contributed by atoms with Crippen molar-refractivity contribution in [2.24, 2.45) is 0 Å². The van der Waals surface area contributed by atoms with E-state index in [0.29, 0.717) is 5.69 Å². The first-order valence-corrected chi connectivity index (χ1v) is 12.3. The van der Waals surface area contributed by atoms with Crippen LogP contribution in [0.3, 0.4) is 0 Å². The van der Waals surface area contributed by atoms with Crippen molar-refractivity contribution in [2.45, 2.75) is 33.1 Å². The van der Waals surface area contributed by atoms with Crippen LogP contribution in [0, 0.1) is 6.92 Å². The Morgan fingerprint density at radius 2 is 1.79 bits per heavy atom. The summed E-state index contributed by atoms with van der Waals surface area (Å²) in [6.45, 7) is 8.19. The van der Waals surface area contributed by atoms with Gasteiger partial charge in [0.1, 0.15) is 5.75 Å². The molecule has 33 heavy (non-hydrogen) atoms. The van der Waals surface area contributed by atoms with E-state index in [1.165, 1.54) is 6.20 Å². The van der Waals surface area contributed by atoms with Crippen LogP contribution in [0.5, 0.6) is 5.75 Å². The van der Waals surface area contributed by atoms with Gasteiger partial charge in [-0.1, -0.05) is 39.0 Å². The zero-order valence-electron chi connectivity index (χ0n) is 19.7. The fraction of sp³-hybridized carbons (Fsp3) is 0.280. The maximum Gasteiger partial charge on any atom is 0.273 e. The lowest BCUT2D eigenvalue weighted by atomic mass is 9.84. The van der Waals surface area contributed by atoms with Crippen LogP contribution in [-0.4, -0.2) is 31.3 Å². The highest BCUT2D eigenvalue weighted by Crippen LogP contribution is 2.37. The van der Waals surface area contributed by atoms with Crippen molar-refractivity contribution >= 4 is 27.9 Å². The van der Waals surface area contributed by atoms with Crippen LogP contribution in [0.2, 0.25) is 0 Å². The summed E-state index contributed by atoms with van der Waals surface area (Å²) in [5, 5.41) is 0. The topological polar surface area (TPSA) is 90.3 Å². The lowest BCUT2D eigenvalue weighted by Gasteiger charge is -2.25. The molecule has 0 aliphatic rings. The van der Waals surface area contributed by atoms with Gasteiger partial charge in [0.2, 0.25) is 10.0 Å². The summed E-state index contributed by atoms with van der Waals surface area (Å²) in [5.41, 5.74) is 4.42. The van der Waals surface area contributed by atoms with E-state index in [1.54, 1.807) is 36.2 Å². The van der Waals surface area contributed by atoms with E-state index in [0.717, 1.165) is 39.9 Å². The Bertz CT molecular complexity index is 1370. The molecule has 1 N–H and O–H groups in total. The Hall–Kier alpha value is -3.39. The molecule has 1 aromatic heterocycles. The van der Waals surface area contributed by atoms with Gasteiger partial charge >= 0.3 is 0 Å². The average molecular weight is 468 g/mol. The first-order chi connectivity index (χ1) is 15.4. The van der Waals surface area contributed by atoms with Gasteiger partial charge in [-0.05, 0) is 47.7 Å². The van der Waals surface area contributed by atoms with Gasteiger partial charge in [0, 0.05) is 34.9 Å². The minimum absolute atomic E-state index is 0.220. The maximum atomic E-state index is 12.4. The lowest BCUT2D eigenvalue weighted by molar-refractivity contribution is 0.396. The number of ether oxygens (including phenoxy) is 1. The third-order valence-electron chi connectivity index (χ3n) is 5.13. The number of rotatable bonds is 6. The van der Waals surface area contributed by atoms with Gasteiger partial charge in [-0.2, -0.15) is 0 Å². The van der Waals surface area contributed by atoms with E-state index >= 15 is 0 Å². The zero-order chi connectivity index (χ0) is 24.4. The Labute approximate surface area is 194 Å². The molecular weight excluding hydrogens is 438 g/mol. The van der Waals surface area contributed by atoms with Crippen molar-refractivity contribution in [3.63, 3.8) is 0 Å². The Balaban J connectivity index is 2.12. The molecule has 0 atom stereocenters. The molecule has 174 valence electrons. The van der Waals surface area contributed by atoms with Gasteiger partial charge in [0.15, 0.2) is 0 Å². The van der Waals surface area contributed by atoms with Crippen LogP contribution in [-0.2, 0) is 15.4 Å². The second kappa shape index (κ2) is 9.23. The standard InChI is InChI=1S/C25H29N3O4S/c1-17-13-20(27-33(6,30)31)10-9-18(17)7-8-19-14-21(28-12-11-26-16-23(28)29)15-22(24(19)32-5)25(2,3)4/h7-16,27H,1-6H3/b8-7+. The number of hydrogen-bond acceptors (Lipinski definition) is 5. The monoisotopic (exact) mass is 467 g/mol. The molecule has 0 saturated heterocycles. The maximum absolute atomic E-state index is 12.4. The molecular formula is C25H29N3O4S. The molecule has 8 heteroatoms. The second-order valence-corrected chi connectivity index (χ2v) is 10.7. The van der Waals surface area contributed by atoms with Crippen molar-refractivity contribution in [3.05, 3.63) is 81.5 Å². The van der Waals surface area contributed by atoms with Gasteiger partial charge in [0.25, 0.3) is 5.56 Å². The van der Waals surface area contributed by atoms with E-state index in [-0.39, 0.29) is 11.0 Å². The first-order valence-electron chi connectivity index (χ1n) is 10.4. The number of aromatic nitrogens is 2. The molecule has 0 saturated carbocycles. The molecule has 0 fully saturated rings. The predicted molar refractivity (Wildman–Crippen MR) is 134 cm³/mol. The number of nitrogens with one attached hydrogen (secondary N) is 1. The van der Waals surface area contributed by atoms with Crippen LogP contribution < -0.4 is 15.0 Å². The lowest BCUT2D eigenvalue weighted by Crippen LogP contribution is -2.19. The number of nitrogens with zero attached hydrogens (tertiary/aromatic N) is 2. The highest BCUT2D eigenvalue weighted by Gasteiger charge is 2.22. The fourth-order valence-corrected chi connectivity index (χ4v) is 4.12. The summed E-state index contributed by atoms with van der Waals surface area (Å²) in [7, 11) is -1.71. The molecule has 1 heterocycles. The van der Waals surface area contributed by atoms with Gasteiger partial charge in [-0.15, -0.1) is 0 Å². The predicted octanol–water partition coefficient (Wildman–Crippen LogP) is 4.39. The number of anilines is 1. The van der Waals surface area contributed by atoms with E-state index < -0.39 is 10.0 Å². The fourth-order valence-electron chi connectivity index (χ4n) is 3.56. The van der Waals surface area contributed by atoms with Crippen molar-refractivity contribution < 1.29 is 13.2 Å². The largest absolute Gasteiger partial charge is 0.496 e. The molecule has 0 radical (unpaired) electrons. The number of benzene rings is 2. The van der Waals surface area contributed by atoms with Crippen molar-refractivity contribution in [1.82, 2.24) is 9.55 Å². The number of aryl methyl sites for hydroxylation is 1. The normalized spacial score (nSPS) is 12.2. The molecule has 7 nitrogen and oxygen atoms in total. The highest BCUT2D eigenvalue weighted by atomic mass is 32.2. The van der Waals surface area contributed by atoms with E-state index in [4.69, 9.17) is 4.74 Å². The summed E-state index contributed by atoms with van der Waals surface area (Å²) >= 11 is 0. The third-order valence-corrected chi connectivity index (χ3v) is 5.74. The van der Waals surface area contributed by atoms with Gasteiger partial charge in [0.05, 0.1) is 19.6 Å². The van der Waals surface area contributed by atoms with Crippen LogP contribution >= 0.6 is 0 Å². The quantitative estimate of drug-likeness (QED) is 0.543. The minimum atomic E-state index is -3.34. The van der Waals surface area contributed by atoms with Gasteiger partial charge < -0.3 is 4.74 Å². The van der Waals surface area contributed by atoms with E-state index in [9.17, 15) is 13.2 Å². The molecule has 2 aromatic carbocycles. The number of methoxy groups -OCH3 is 1. The smallest absolute Gasteiger partial charge is 0.273 e. The molecule has 0 spiro atoms. The highest BCUT2D eigenvalue weighted by molar-refractivity contribution is 7.92. The summed E-state index contributed by atoms with van der Waals surface area (Å²) in [6, 6.07) is 9.23. The Morgan fingerprint density at radius 3 is 2.36 bits per heavy atom. The van der Waals surface area contributed by atoms with Crippen molar-refractivity contribution in [1.29, 1.82) is 0 Å². The van der Waals surface area contributed by atoms with E-state index in [1.807, 2.05) is 37.3 Å². The van der Waals surface area contributed by atoms with E-state index in [2.05, 4.69) is 30.5 Å². The third kappa shape index (κ3) is 5.90.